The van der Waals surface area contributed by atoms with E-state index in [1.807, 2.05) is 6.92 Å². The Morgan fingerprint density at radius 2 is 1.55 bits per heavy atom. The number of hydrogen-bond donors (Lipinski definition) is 3. The summed E-state index contributed by atoms with van der Waals surface area (Å²) in [6, 6.07) is 1.92. The van der Waals surface area contributed by atoms with E-state index in [2.05, 4.69) is 0 Å². The van der Waals surface area contributed by atoms with E-state index >= 15 is 0 Å². The predicted molar refractivity (Wildman–Crippen MR) is 76.7 cm³/mol. The highest BCUT2D eigenvalue weighted by molar-refractivity contribution is 5.91. The number of phenols is 3. The maximum absolute atomic E-state index is 11.7. The number of carbonyl (C=O) groups excluding carboxylic acids is 2. The quantitative estimate of drug-likeness (QED) is 0.418. The van der Waals surface area contributed by atoms with Crippen LogP contribution in [-0.4, -0.2) is 40.5 Å². The number of rotatable bonds is 6. The first-order valence-corrected chi connectivity index (χ1v) is 6.78. The number of phenolic OH excluding ortho intramolecular Hbond substituents is 3. The molecule has 0 saturated carbocycles. The van der Waals surface area contributed by atoms with Gasteiger partial charge in [0.2, 0.25) is 0 Å². The summed E-state index contributed by atoms with van der Waals surface area (Å²) in [6.07, 6.45) is 0.623. The van der Waals surface area contributed by atoms with Gasteiger partial charge in [0.05, 0.1) is 11.0 Å². The molecule has 1 aromatic carbocycles. The van der Waals surface area contributed by atoms with Gasteiger partial charge in [0.15, 0.2) is 17.2 Å². The second-order valence-corrected chi connectivity index (χ2v) is 5.37. The van der Waals surface area contributed by atoms with Gasteiger partial charge in [0, 0.05) is 0 Å². The molecule has 7 nitrogen and oxygen atoms in total. The number of benzene rings is 1. The molecule has 0 saturated heterocycles. The Hall–Kier alpha value is -2.44. The molecule has 3 N–H and O–H groups in total. The van der Waals surface area contributed by atoms with E-state index in [0.29, 0.717) is 6.42 Å². The Bertz CT molecular complexity index is 540. The summed E-state index contributed by atoms with van der Waals surface area (Å²) in [6.45, 7) is 5.12. The number of esters is 2. The van der Waals surface area contributed by atoms with Crippen LogP contribution in [0.2, 0.25) is 0 Å². The average Bonchev–Trinajstić information content (AvgIpc) is 2.47. The fraction of sp³-hybridized carbons (Fsp3) is 0.467. The lowest BCUT2D eigenvalue weighted by molar-refractivity contribution is -0.155. The minimum absolute atomic E-state index is 0.0932. The summed E-state index contributed by atoms with van der Waals surface area (Å²) < 4.78 is 9.85. The third-order valence-corrected chi connectivity index (χ3v) is 3.29. The van der Waals surface area contributed by atoms with Crippen molar-refractivity contribution in [3.05, 3.63) is 17.7 Å². The van der Waals surface area contributed by atoms with Gasteiger partial charge in [-0.1, -0.05) is 6.92 Å². The molecule has 0 radical (unpaired) electrons. The van der Waals surface area contributed by atoms with E-state index < -0.39 is 28.6 Å². The van der Waals surface area contributed by atoms with E-state index in [0.717, 1.165) is 12.1 Å². The van der Waals surface area contributed by atoms with Crippen LogP contribution in [0, 0.1) is 5.41 Å². The zero-order valence-corrected chi connectivity index (χ0v) is 12.8. The van der Waals surface area contributed by atoms with Gasteiger partial charge in [-0.2, -0.15) is 0 Å². The Balaban J connectivity index is 2.49. The van der Waals surface area contributed by atoms with E-state index in [9.17, 15) is 24.9 Å². The van der Waals surface area contributed by atoms with Gasteiger partial charge < -0.3 is 24.8 Å². The van der Waals surface area contributed by atoms with Crippen LogP contribution in [-0.2, 0) is 14.3 Å². The highest BCUT2D eigenvalue weighted by atomic mass is 16.6. The molecule has 1 rings (SSSR count). The molecule has 0 amide bonds. The van der Waals surface area contributed by atoms with E-state index in [1.165, 1.54) is 0 Å². The van der Waals surface area contributed by atoms with Crippen LogP contribution in [0.3, 0.4) is 0 Å². The van der Waals surface area contributed by atoms with Crippen LogP contribution in [0.1, 0.15) is 37.6 Å². The zero-order chi connectivity index (χ0) is 16.9. The Morgan fingerprint density at radius 3 is 2.05 bits per heavy atom. The first-order valence-electron chi connectivity index (χ1n) is 6.78. The molecule has 122 valence electrons. The largest absolute Gasteiger partial charge is 0.504 e. The van der Waals surface area contributed by atoms with Gasteiger partial charge in [-0.15, -0.1) is 0 Å². The fourth-order valence-electron chi connectivity index (χ4n) is 1.41. The summed E-state index contributed by atoms with van der Waals surface area (Å²) in [5.41, 5.74) is -0.730. The molecule has 0 aliphatic rings. The average molecular weight is 312 g/mol. The fourth-order valence-corrected chi connectivity index (χ4v) is 1.41. The van der Waals surface area contributed by atoms with Crippen molar-refractivity contribution in [3.8, 4) is 17.2 Å². The van der Waals surface area contributed by atoms with Crippen LogP contribution in [0.15, 0.2) is 12.1 Å². The van der Waals surface area contributed by atoms with Crippen molar-refractivity contribution in [2.45, 2.75) is 27.2 Å². The van der Waals surface area contributed by atoms with E-state index in [1.54, 1.807) is 13.8 Å². The first-order chi connectivity index (χ1) is 10.2. The molecule has 0 heterocycles. The van der Waals surface area contributed by atoms with Crippen molar-refractivity contribution in [2.75, 3.05) is 13.2 Å². The van der Waals surface area contributed by atoms with Crippen LogP contribution in [0.5, 0.6) is 17.2 Å². The summed E-state index contributed by atoms with van der Waals surface area (Å²) in [7, 11) is 0. The molecule has 0 bridgehead atoms. The monoisotopic (exact) mass is 312 g/mol. The maximum Gasteiger partial charge on any atom is 0.338 e. The predicted octanol–water partition coefficient (Wildman–Crippen LogP) is 1.94. The molecule has 0 spiro atoms. The van der Waals surface area contributed by atoms with Crippen molar-refractivity contribution in [1.29, 1.82) is 0 Å². The minimum atomic E-state index is -0.823. The topological polar surface area (TPSA) is 113 Å². The van der Waals surface area contributed by atoms with E-state index in [4.69, 9.17) is 9.47 Å². The van der Waals surface area contributed by atoms with Gasteiger partial charge in [-0.05, 0) is 32.4 Å². The van der Waals surface area contributed by atoms with Gasteiger partial charge in [0.25, 0.3) is 0 Å². The normalized spacial score (nSPS) is 11.0. The SMILES string of the molecule is CCC(C)(C)C(=O)OCCOC(=O)c1cc(O)c(O)c(O)c1. The van der Waals surface area contributed by atoms with Gasteiger partial charge in [-0.25, -0.2) is 4.79 Å². The van der Waals surface area contributed by atoms with Crippen molar-refractivity contribution >= 4 is 11.9 Å². The minimum Gasteiger partial charge on any atom is -0.504 e. The summed E-state index contributed by atoms with van der Waals surface area (Å²) in [5.74, 6) is -3.19. The molecule has 0 aliphatic heterocycles. The van der Waals surface area contributed by atoms with Gasteiger partial charge in [-0.3, -0.25) is 4.79 Å². The molecule has 0 unspecified atom stereocenters. The molecule has 1 aromatic rings. The Kier molecular flexibility index (Phi) is 5.62. The highest BCUT2D eigenvalue weighted by Gasteiger charge is 2.27. The third-order valence-electron chi connectivity index (χ3n) is 3.29. The zero-order valence-electron chi connectivity index (χ0n) is 12.8. The lowest BCUT2D eigenvalue weighted by Gasteiger charge is -2.20. The lowest BCUT2D eigenvalue weighted by Crippen LogP contribution is -2.27. The van der Waals surface area contributed by atoms with Gasteiger partial charge >= 0.3 is 11.9 Å². The third kappa shape index (κ3) is 4.28. The summed E-state index contributed by atoms with van der Waals surface area (Å²) >= 11 is 0. The lowest BCUT2D eigenvalue weighted by atomic mass is 9.91. The molecule has 22 heavy (non-hydrogen) atoms. The number of ether oxygens (including phenoxy) is 2. The van der Waals surface area contributed by atoms with Crippen LogP contribution >= 0.6 is 0 Å². The summed E-state index contributed by atoms with van der Waals surface area (Å²) in [4.78, 5) is 23.4. The molecular formula is C15H20O7. The second-order valence-electron chi connectivity index (χ2n) is 5.37. The van der Waals surface area contributed by atoms with Crippen molar-refractivity contribution in [2.24, 2.45) is 5.41 Å². The number of aromatic hydroxyl groups is 3. The second kappa shape index (κ2) is 7.02. The number of hydrogen-bond acceptors (Lipinski definition) is 7. The van der Waals surface area contributed by atoms with Crippen LogP contribution in [0.25, 0.3) is 0 Å². The molecular weight excluding hydrogens is 292 g/mol. The smallest absolute Gasteiger partial charge is 0.338 e. The number of carbonyl (C=O) groups is 2. The van der Waals surface area contributed by atoms with Gasteiger partial charge in [0.1, 0.15) is 13.2 Å². The van der Waals surface area contributed by atoms with Crippen molar-refractivity contribution < 1.29 is 34.4 Å². The molecule has 0 atom stereocenters. The van der Waals surface area contributed by atoms with Crippen molar-refractivity contribution in [3.63, 3.8) is 0 Å². The molecule has 7 heteroatoms. The Morgan fingerprint density at radius 1 is 1.05 bits per heavy atom. The molecule has 0 fully saturated rings. The Labute approximate surface area is 128 Å². The van der Waals surface area contributed by atoms with Crippen LogP contribution in [0.4, 0.5) is 0 Å². The maximum atomic E-state index is 11.7. The highest BCUT2D eigenvalue weighted by Crippen LogP contribution is 2.35. The van der Waals surface area contributed by atoms with Crippen LogP contribution < -0.4 is 0 Å². The molecule has 0 aromatic heterocycles. The summed E-state index contributed by atoms with van der Waals surface area (Å²) in [5, 5.41) is 27.8. The standard InChI is InChI=1S/C15H20O7/c1-4-15(2,3)14(20)22-6-5-21-13(19)9-7-10(16)12(18)11(17)8-9/h7-8,16-18H,4-6H2,1-3H3. The van der Waals surface area contributed by atoms with E-state index in [-0.39, 0.29) is 24.7 Å². The molecule has 0 aliphatic carbocycles. The first kappa shape index (κ1) is 17.6. The van der Waals surface area contributed by atoms with Crippen molar-refractivity contribution in [1.82, 2.24) is 0 Å².